The van der Waals surface area contributed by atoms with Crippen molar-refractivity contribution in [2.75, 3.05) is 32.0 Å². The van der Waals surface area contributed by atoms with E-state index in [0.29, 0.717) is 44.2 Å². The molecule has 0 radical (unpaired) electrons. The number of carbonyl (C=O) groups is 1. The van der Waals surface area contributed by atoms with E-state index in [1.807, 2.05) is 42.5 Å². The molecule has 3 heterocycles. The second kappa shape index (κ2) is 8.89. The molecule has 162 valence electrons. The van der Waals surface area contributed by atoms with Crippen molar-refractivity contribution >= 4 is 33.4 Å². The van der Waals surface area contributed by atoms with Gasteiger partial charge in [-0.25, -0.2) is 15.0 Å². The molecule has 0 atom stereocenters. The number of hydrogen-bond acceptors (Lipinski definition) is 8. The number of nitrogens with zero attached hydrogens (tertiary/aromatic N) is 4. The number of morpholine rings is 1. The van der Waals surface area contributed by atoms with E-state index in [0.717, 1.165) is 26.5 Å². The van der Waals surface area contributed by atoms with Gasteiger partial charge in [0, 0.05) is 30.4 Å². The van der Waals surface area contributed by atoms with Gasteiger partial charge >= 0.3 is 0 Å². The maximum absolute atomic E-state index is 12.7. The first-order chi connectivity index (χ1) is 15.7. The molecule has 1 amide bonds. The molecular weight excluding hydrogens is 426 g/mol. The summed E-state index contributed by atoms with van der Waals surface area (Å²) in [6, 6.07) is 15.1. The van der Waals surface area contributed by atoms with Gasteiger partial charge < -0.3 is 20.1 Å². The minimum Gasteiger partial charge on any atom is -0.486 e. The Labute approximate surface area is 188 Å². The summed E-state index contributed by atoms with van der Waals surface area (Å²) >= 11 is 1.56. The number of ether oxygens (including phenoxy) is 2. The maximum Gasteiger partial charge on any atom is 0.254 e. The number of benzene rings is 2. The third-order valence-electron chi connectivity index (χ3n) is 5.14. The van der Waals surface area contributed by atoms with E-state index in [2.05, 4.69) is 15.0 Å². The lowest BCUT2D eigenvalue weighted by Crippen LogP contribution is -2.40. The second-order valence-corrected chi connectivity index (χ2v) is 8.43. The quantitative estimate of drug-likeness (QED) is 0.500. The number of aromatic nitrogens is 3. The number of fused-ring (bicyclic) bond motifs is 1. The smallest absolute Gasteiger partial charge is 0.254 e. The van der Waals surface area contributed by atoms with Gasteiger partial charge in [-0.1, -0.05) is 12.1 Å². The average Bonchev–Trinajstić information content (AvgIpc) is 3.25. The lowest BCUT2D eigenvalue weighted by molar-refractivity contribution is 0.0302. The number of nitrogen functional groups attached to an aromatic ring is 1. The SMILES string of the molecule is Nc1nccc(-c2ccc3nc(COc4cccc(C(=O)N5CCOCC5)c4)sc3c2)n1. The Morgan fingerprint density at radius 3 is 2.84 bits per heavy atom. The minimum atomic E-state index is -0.00313. The van der Waals surface area contributed by atoms with Crippen LogP contribution in [-0.2, 0) is 11.3 Å². The van der Waals surface area contributed by atoms with Gasteiger partial charge in [-0.2, -0.15) is 0 Å². The largest absolute Gasteiger partial charge is 0.486 e. The maximum atomic E-state index is 12.7. The zero-order chi connectivity index (χ0) is 21.9. The molecule has 1 saturated heterocycles. The Balaban J connectivity index is 1.29. The van der Waals surface area contributed by atoms with Crippen LogP contribution in [0.15, 0.2) is 54.7 Å². The average molecular weight is 448 g/mol. The second-order valence-electron chi connectivity index (χ2n) is 7.31. The van der Waals surface area contributed by atoms with Crippen LogP contribution in [0.5, 0.6) is 5.75 Å². The molecule has 4 aromatic rings. The predicted molar refractivity (Wildman–Crippen MR) is 123 cm³/mol. The predicted octanol–water partition coefficient (Wildman–Crippen LogP) is 3.39. The monoisotopic (exact) mass is 447 g/mol. The summed E-state index contributed by atoms with van der Waals surface area (Å²) in [5, 5.41) is 0.851. The third kappa shape index (κ3) is 4.39. The van der Waals surface area contributed by atoms with Crippen molar-refractivity contribution in [3.8, 4) is 17.0 Å². The van der Waals surface area contributed by atoms with Gasteiger partial charge in [0.25, 0.3) is 5.91 Å². The summed E-state index contributed by atoms with van der Waals surface area (Å²) in [7, 11) is 0. The topological polar surface area (TPSA) is 103 Å². The Morgan fingerprint density at radius 1 is 1.12 bits per heavy atom. The van der Waals surface area contributed by atoms with Crippen LogP contribution in [0.4, 0.5) is 5.95 Å². The molecule has 0 aliphatic carbocycles. The molecule has 1 fully saturated rings. The summed E-state index contributed by atoms with van der Waals surface area (Å²) < 4.78 is 12.3. The first-order valence-electron chi connectivity index (χ1n) is 10.2. The summed E-state index contributed by atoms with van der Waals surface area (Å²) in [6.07, 6.45) is 1.64. The third-order valence-corrected chi connectivity index (χ3v) is 6.14. The van der Waals surface area contributed by atoms with Crippen molar-refractivity contribution in [2.45, 2.75) is 6.61 Å². The Kier molecular flexibility index (Phi) is 5.66. The molecule has 2 aromatic heterocycles. The van der Waals surface area contributed by atoms with Crippen LogP contribution in [0, 0.1) is 0 Å². The highest BCUT2D eigenvalue weighted by Gasteiger charge is 2.19. The Morgan fingerprint density at radius 2 is 2.00 bits per heavy atom. The number of amides is 1. The molecule has 0 bridgehead atoms. The Bertz CT molecular complexity index is 1270. The molecule has 2 N–H and O–H groups in total. The van der Waals surface area contributed by atoms with Gasteiger partial charge in [0.2, 0.25) is 5.95 Å². The van der Waals surface area contributed by atoms with Crippen molar-refractivity contribution in [1.29, 1.82) is 0 Å². The number of thiazole rings is 1. The molecule has 0 unspecified atom stereocenters. The van der Waals surface area contributed by atoms with Gasteiger partial charge in [-0.3, -0.25) is 4.79 Å². The van der Waals surface area contributed by atoms with E-state index in [1.54, 1.807) is 28.5 Å². The molecule has 0 saturated carbocycles. The van der Waals surface area contributed by atoms with Gasteiger partial charge in [-0.05, 0) is 36.4 Å². The lowest BCUT2D eigenvalue weighted by Gasteiger charge is -2.26. The van der Waals surface area contributed by atoms with E-state index in [9.17, 15) is 4.79 Å². The van der Waals surface area contributed by atoms with Gasteiger partial charge in [0.05, 0.1) is 29.1 Å². The molecule has 9 heteroatoms. The summed E-state index contributed by atoms with van der Waals surface area (Å²) in [6.45, 7) is 2.69. The molecule has 8 nitrogen and oxygen atoms in total. The van der Waals surface area contributed by atoms with Crippen molar-refractivity contribution < 1.29 is 14.3 Å². The van der Waals surface area contributed by atoms with Crippen LogP contribution in [0.3, 0.4) is 0 Å². The van der Waals surface area contributed by atoms with Crippen molar-refractivity contribution in [1.82, 2.24) is 19.9 Å². The van der Waals surface area contributed by atoms with E-state index < -0.39 is 0 Å². The van der Waals surface area contributed by atoms with E-state index in [1.165, 1.54) is 0 Å². The molecule has 5 rings (SSSR count). The Hall–Kier alpha value is -3.56. The van der Waals surface area contributed by atoms with E-state index in [-0.39, 0.29) is 11.9 Å². The van der Waals surface area contributed by atoms with Crippen molar-refractivity contribution in [2.24, 2.45) is 0 Å². The highest BCUT2D eigenvalue weighted by atomic mass is 32.1. The van der Waals surface area contributed by atoms with Crippen LogP contribution in [0.2, 0.25) is 0 Å². The molecule has 32 heavy (non-hydrogen) atoms. The molecular formula is C23H21N5O3S. The minimum absolute atomic E-state index is 0.00313. The summed E-state index contributed by atoms with van der Waals surface area (Å²) in [5.74, 6) is 0.882. The highest BCUT2D eigenvalue weighted by Crippen LogP contribution is 2.28. The summed E-state index contributed by atoms with van der Waals surface area (Å²) in [4.78, 5) is 27.4. The van der Waals surface area contributed by atoms with Crippen LogP contribution >= 0.6 is 11.3 Å². The normalized spacial score (nSPS) is 13.9. The van der Waals surface area contributed by atoms with Crippen LogP contribution in [0.25, 0.3) is 21.5 Å². The van der Waals surface area contributed by atoms with Gasteiger partial charge in [-0.15, -0.1) is 11.3 Å². The highest BCUT2D eigenvalue weighted by molar-refractivity contribution is 7.18. The number of hydrogen-bond donors (Lipinski definition) is 1. The zero-order valence-electron chi connectivity index (χ0n) is 17.2. The van der Waals surface area contributed by atoms with Crippen LogP contribution in [0.1, 0.15) is 15.4 Å². The first-order valence-corrected chi connectivity index (χ1v) is 11.1. The van der Waals surface area contributed by atoms with Crippen LogP contribution in [-0.4, -0.2) is 52.1 Å². The fourth-order valence-electron chi connectivity index (χ4n) is 3.54. The number of carbonyl (C=O) groups excluding carboxylic acids is 1. The number of nitrogens with two attached hydrogens (primary N) is 1. The van der Waals surface area contributed by atoms with Crippen LogP contribution < -0.4 is 10.5 Å². The lowest BCUT2D eigenvalue weighted by atomic mass is 10.1. The fraction of sp³-hybridized carbons (Fsp3) is 0.217. The fourth-order valence-corrected chi connectivity index (χ4v) is 4.46. The van der Waals surface area contributed by atoms with Gasteiger partial charge in [0.15, 0.2) is 0 Å². The molecule has 0 spiro atoms. The van der Waals surface area contributed by atoms with E-state index >= 15 is 0 Å². The van der Waals surface area contributed by atoms with E-state index in [4.69, 9.17) is 15.2 Å². The zero-order valence-corrected chi connectivity index (χ0v) is 18.0. The van der Waals surface area contributed by atoms with Crippen molar-refractivity contribution in [3.63, 3.8) is 0 Å². The number of rotatable bonds is 5. The standard InChI is InChI=1S/C23H21N5O3S/c24-23-25-7-6-18(27-23)15-4-5-19-20(13-15)32-21(26-19)14-31-17-3-1-2-16(12-17)22(29)28-8-10-30-11-9-28/h1-7,12-13H,8-11,14H2,(H2,24,25,27). The summed E-state index contributed by atoms with van der Waals surface area (Å²) in [5.41, 5.74) is 8.94. The van der Waals surface area contributed by atoms with Crippen molar-refractivity contribution in [3.05, 3.63) is 65.3 Å². The molecule has 1 aliphatic heterocycles. The van der Waals surface area contributed by atoms with Gasteiger partial charge in [0.1, 0.15) is 17.4 Å². The number of anilines is 1. The molecule has 2 aromatic carbocycles. The first kappa shape index (κ1) is 20.3. The molecule has 1 aliphatic rings.